The second-order valence-corrected chi connectivity index (χ2v) is 10.1. The molecular formula is C19H38O3. The van der Waals surface area contributed by atoms with Crippen LogP contribution in [0.5, 0.6) is 0 Å². The highest BCUT2D eigenvalue weighted by molar-refractivity contribution is 5.66. The van der Waals surface area contributed by atoms with E-state index in [-0.39, 0.29) is 28.3 Å². The number of rotatable bonds is 5. The van der Waals surface area contributed by atoms with Crippen molar-refractivity contribution in [2.75, 3.05) is 0 Å². The Morgan fingerprint density at radius 3 is 1.59 bits per heavy atom. The van der Waals surface area contributed by atoms with Gasteiger partial charge in [0.15, 0.2) is 0 Å². The van der Waals surface area contributed by atoms with Gasteiger partial charge in [0.2, 0.25) is 0 Å². The van der Waals surface area contributed by atoms with E-state index in [1.165, 1.54) is 6.92 Å². The highest BCUT2D eigenvalue weighted by atomic mass is 16.5. The molecule has 0 fully saturated rings. The molecule has 0 heterocycles. The van der Waals surface area contributed by atoms with E-state index >= 15 is 0 Å². The molecule has 132 valence electrons. The number of carbonyl (C=O) groups excluding carboxylic acids is 1. The van der Waals surface area contributed by atoms with Crippen molar-refractivity contribution in [3.8, 4) is 0 Å². The Kier molecular flexibility index (Phi) is 6.34. The van der Waals surface area contributed by atoms with E-state index in [2.05, 4.69) is 48.5 Å². The monoisotopic (exact) mass is 314 g/mol. The molecule has 0 saturated carbocycles. The normalized spacial score (nSPS) is 17.1. The topological polar surface area (TPSA) is 46.5 Å². The fourth-order valence-electron chi connectivity index (χ4n) is 3.05. The molecule has 0 bridgehead atoms. The standard InChI is InChI=1S/C19H38O3/c1-13(20)22-14(12-16(2,3)4)18(8,9)19(10,11)15(21)17(5,6)7/h14-15,21H,12H2,1-11H3. The minimum absolute atomic E-state index is 0.0418. The van der Waals surface area contributed by atoms with E-state index in [1.54, 1.807) is 0 Å². The molecule has 0 aromatic rings. The van der Waals surface area contributed by atoms with Gasteiger partial charge in [-0.25, -0.2) is 0 Å². The van der Waals surface area contributed by atoms with Gasteiger partial charge in [0, 0.05) is 12.3 Å². The van der Waals surface area contributed by atoms with Crippen LogP contribution in [0.3, 0.4) is 0 Å². The molecule has 0 aliphatic heterocycles. The lowest BCUT2D eigenvalue weighted by Crippen LogP contribution is -2.54. The summed E-state index contributed by atoms with van der Waals surface area (Å²) < 4.78 is 5.69. The molecule has 0 radical (unpaired) electrons. The van der Waals surface area contributed by atoms with Crippen molar-refractivity contribution in [2.24, 2.45) is 21.7 Å². The second kappa shape index (κ2) is 6.51. The first-order valence-corrected chi connectivity index (χ1v) is 8.28. The molecular weight excluding hydrogens is 276 g/mol. The second-order valence-electron chi connectivity index (χ2n) is 10.1. The average Bonchev–Trinajstić information content (AvgIpc) is 2.22. The zero-order valence-electron chi connectivity index (χ0n) is 16.6. The average molecular weight is 315 g/mol. The fraction of sp³-hybridized carbons (Fsp3) is 0.947. The smallest absolute Gasteiger partial charge is 0.302 e. The molecule has 0 spiro atoms. The number of esters is 1. The molecule has 0 rings (SSSR count). The van der Waals surface area contributed by atoms with Gasteiger partial charge in [-0.3, -0.25) is 4.79 Å². The SMILES string of the molecule is CC(=O)OC(CC(C)(C)C)C(C)(C)C(C)(C)C(O)C(C)(C)C. The summed E-state index contributed by atoms with van der Waals surface area (Å²) in [7, 11) is 0. The summed E-state index contributed by atoms with van der Waals surface area (Å²) in [5.41, 5.74) is -0.960. The highest BCUT2D eigenvalue weighted by Crippen LogP contribution is 2.51. The molecule has 0 aliphatic carbocycles. The summed E-state index contributed by atoms with van der Waals surface area (Å²) in [4.78, 5) is 11.6. The molecule has 3 nitrogen and oxygen atoms in total. The molecule has 2 atom stereocenters. The van der Waals surface area contributed by atoms with Crippen molar-refractivity contribution >= 4 is 5.97 Å². The van der Waals surface area contributed by atoms with E-state index in [0.29, 0.717) is 0 Å². The Morgan fingerprint density at radius 2 is 1.32 bits per heavy atom. The molecule has 2 unspecified atom stereocenters. The number of aliphatic hydroxyl groups is 1. The first-order valence-electron chi connectivity index (χ1n) is 8.28. The van der Waals surface area contributed by atoms with E-state index in [9.17, 15) is 9.90 Å². The van der Waals surface area contributed by atoms with Crippen molar-refractivity contribution in [1.82, 2.24) is 0 Å². The lowest BCUT2D eigenvalue weighted by Gasteiger charge is -2.52. The van der Waals surface area contributed by atoms with Crippen LogP contribution in [0, 0.1) is 21.7 Å². The van der Waals surface area contributed by atoms with Crippen molar-refractivity contribution < 1.29 is 14.6 Å². The van der Waals surface area contributed by atoms with Gasteiger partial charge < -0.3 is 9.84 Å². The third-order valence-electron chi connectivity index (χ3n) is 5.08. The molecule has 22 heavy (non-hydrogen) atoms. The number of hydrogen-bond acceptors (Lipinski definition) is 3. The Hall–Kier alpha value is -0.570. The van der Waals surface area contributed by atoms with Crippen LogP contribution in [0.4, 0.5) is 0 Å². The first-order chi connectivity index (χ1) is 9.43. The highest BCUT2D eigenvalue weighted by Gasteiger charge is 2.52. The summed E-state index contributed by atoms with van der Waals surface area (Å²) in [5, 5.41) is 10.9. The van der Waals surface area contributed by atoms with Crippen molar-refractivity contribution in [1.29, 1.82) is 0 Å². The summed E-state index contributed by atoms with van der Waals surface area (Å²) in [6.07, 6.45) is 0.0184. The van der Waals surface area contributed by atoms with Crippen LogP contribution >= 0.6 is 0 Å². The van der Waals surface area contributed by atoms with Crippen LogP contribution in [-0.2, 0) is 9.53 Å². The lowest BCUT2D eigenvalue weighted by atomic mass is 9.56. The third kappa shape index (κ3) is 5.26. The van der Waals surface area contributed by atoms with E-state index in [1.807, 2.05) is 20.8 Å². The molecule has 0 saturated heterocycles. The molecule has 3 heteroatoms. The minimum atomic E-state index is -0.506. The Bertz CT molecular complexity index is 380. The van der Waals surface area contributed by atoms with Gasteiger partial charge in [-0.15, -0.1) is 0 Å². The number of hydrogen-bond donors (Lipinski definition) is 1. The van der Waals surface area contributed by atoms with Gasteiger partial charge in [0.05, 0.1) is 6.10 Å². The van der Waals surface area contributed by atoms with Crippen LogP contribution in [0.1, 0.15) is 82.6 Å². The maximum atomic E-state index is 11.6. The quantitative estimate of drug-likeness (QED) is 0.740. The third-order valence-corrected chi connectivity index (χ3v) is 5.08. The fourth-order valence-corrected chi connectivity index (χ4v) is 3.05. The van der Waals surface area contributed by atoms with E-state index in [0.717, 1.165) is 6.42 Å². The predicted octanol–water partition coefficient (Wildman–Crippen LogP) is 4.81. The maximum Gasteiger partial charge on any atom is 0.302 e. The van der Waals surface area contributed by atoms with E-state index in [4.69, 9.17) is 4.74 Å². The van der Waals surface area contributed by atoms with Crippen LogP contribution in [0.2, 0.25) is 0 Å². The summed E-state index contributed by atoms with van der Waals surface area (Å²) in [6, 6.07) is 0. The molecule has 0 aliphatic rings. The first kappa shape index (κ1) is 21.4. The Morgan fingerprint density at radius 1 is 0.909 bits per heavy atom. The number of carbonyl (C=O) groups is 1. The van der Waals surface area contributed by atoms with Crippen LogP contribution in [0.25, 0.3) is 0 Å². The maximum absolute atomic E-state index is 11.6. The summed E-state index contributed by atoms with van der Waals surface area (Å²) in [6.45, 7) is 22.4. The van der Waals surface area contributed by atoms with Gasteiger partial charge in [-0.1, -0.05) is 69.2 Å². The summed E-state index contributed by atoms with van der Waals surface area (Å²) in [5.74, 6) is -0.261. The van der Waals surface area contributed by atoms with E-state index < -0.39 is 11.5 Å². The van der Waals surface area contributed by atoms with Crippen molar-refractivity contribution in [3.63, 3.8) is 0 Å². The number of aliphatic hydroxyl groups excluding tert-OH is 1. The molecule has 0 aromatic heterocycles. The van der Waals surface area contributed by atoms with Crippen molar-refractivity contribution in [3.05, 3.63) is 0 Å². The molecule has 0 aromatic carbocycles. The zero-order chi connectivity index (χ0) is 18.1. The number of ether oxygens (including phenoxy) is 1. The van der Waals surface area contributed by atoms with Gasteiger partial charge in [0.1, 0.15) is 6.10 Å². The Balaban J connectivity index is 5.71. The molecule has 0 amide bonds. The predicted molar refractivity (Wildman–Crippen MR) is 92.6 cm³/mol. The minimum Gasteiger partial charge on any atom is -0.462 e. The van der Waals surface area contributed by atoms with Gasteiger partial charge >= 0.3 is 5.97 Å². The van der Waals surface area contributed by atoms with Gasteiger partial charge in [-0.05, 0) is 22.7 Å². The van der Waals surface area contributed by atoms with Crippen LogP contribution < -0.4 is 0 Å². The van der Waals surface area contributed by atoms with Gasteiger partial charge in [-0.2, -0.15) is 0 Å². The van der Waals surface area contributed by atoms with Crippen molar-refractivity contribution in [2.45, 2.75) is 94.8 Å². The van der Waals surface area contributed by atoms with Gasteiger partial charge in [0.25, 0.3) is 0 Å². The zero-order valence-corrected chi connectivity index (χ0v) is 16.6. The molecule has 1 N–H and O–H groups in total. The van der Waals surface area contributed by atoms with Crippen LogP contribution in [-0.4, -0.2) is 23.3 Å². The Labute approximate surface area is 137 Å². The largest absolute Gasteiger partial charge is 0.462 e. The van der Waals surface area contributed by atoms with Crippen LogP contribution in [0.15, 0.2) is 0 Å². The summed E-state index contributed by atoms with van der Waals surface area (Å²) >= 11 is 0. The lowest BCUT2D eigenvalue weighted by molar-refractivity contribution is -0.176.